The van der Waals surface area contributed by atoms with Crippen LogP contribution in [0.15, 0.2) is 53.8 Å². The van der Waals surface area contributed by atoms with E-state index < -0.39 is 0 Å². The number of ether oxygens (including phenoxy) is 2. The fourth-order valence-electron chi connectivity index (χ4n) is 6.25. The van der Waals surface area contributed by atoms with Crippen LogP contribution in [-0.2, 0) is 33.6 Å². The molecule has 0 amide bonds. The summed E-state index contributed by atoms with van der Waals surface area (Å²) < 4.78 is 10.7. The Kier molecular flexibility index (Phi) is 15.4. The second-order valence-electron chi connectivity index (χ2n) is 12.9. The van der Waals surface area contributed by atoms with E-state index in [1.807, 2.05) is 13.2 Å². The summed E-state index contributed by atoms with van der Waals surface area (Å²) in [4.78, 5) is 25.2. The molecule has 0 radical (unpaired) electrons. The van der Waals surface area contributed by atoms with Gasteiger partial charge in [-0.25, -0.2) is 0 Å². The summed E-state index contributed by atoms with van der Waals surface area (Å²) in [6.45, 7) is 8.12. The molecule has 8 nitrogen and oxygen atoms in total. The third-order valence-electron chi connectivity index (χ3n) is 8.74. The van der Waals surface area contributed by atoms with Crippen LogP contribution in [0.1, 0.15) is 78.8 Å². The normalized spacial score (nSPS) is 15.3. The van der Waals surface area contributed by atoms with Crippen molar-refractivity contribution in [2.75, 3.05) is 34.4 Å². The van der Waals surface area contributed by atoms with Gasteiger partial charge in [0.05, 0.1) is 26.3 Å². The maximum atomic E-state index is 12.7. The monoisotopic (exact) mass is 645 g/mol. The second kappa shape index (κ2) is 19.2. The summed E-state index contributed by atoms with van der Waals surface area (Å²) in [6.07, 6.45) is 13.2. The van der Waals surface area contributed by atoms with Crippen molar-refractivity contribution in [3.8, 4) is 11.5 Å². The maximum absolute atomic E-state index is 12.7. The predicted molar refractivity (Wildman–Crippen MR) is 191 cm³/mol. The number of aryl methyl sites for hydroxylation is 2. The number of hydrogen-bond acceptors (Lipinski definition) is 8. The predicted octanol–water partition coefficient (Wildman–Crippen LogP) is 6.04. The Balaban J connectivity index is 1.71. The molecule has 2 aromatic rings. The minimum Gasteiger partial charge on any atom is -0.504 e. The number of allylic oxidation sites excluding steroid dienone is 3. The van der Waals surface area contributed by atoms with Crippen LogP contribution in [0.3, 0.4) is 0 Å². The Morgan fingerprint density at radius 2 is 1.87 bits per heavy atom. The molecule has 5 N–H and O–H groups in total. The summed E-state index contributed by atoms with van der Waals surface area (Å²) in [7, 11) is 5.17. The van der Waals surface area contributed by atoms with Gasteiger partial charge in [-0.05, 0) is 123 Å². The Labute approximate surface area is 281 Å². The molecule has 1 aliphatic heterocycles. The van der Waals surface area contributed by atoms with Gasteiger partial charge in [-0.2, -0.15) is 0 Å². The number of hydrogen-bond donors (Lipinski definition) is 4. The first-order valence-corrected chi connectivity index (χ1v) is 16.8. The molecule has 8 heteroatoms. The maximum Gasteiger partial charge on any atom is 0.163 e. The number of carbonyl (C=O) groups is 2. The van der Waals surface area contributed by atoms with Crippen LogP contribution in [0.5, 0.6) is 11.5 Å². The molecule has 0 bridgehead atoms. The number of rotatable bonds is 20. The molecule has 2 atom stereocenters. The average molecular weight is 646 g/mol. The highest BCUT2D eigenvalue weighted by atomic mass is 16.5. The number of methoxy groups -OCH3 is 2. The molecular formula is C39H55N3O5. The van der Waals surface area contributed by atoms with Crippen molar-refractivity contribution in [3.05, 3.63) is 87.1 Å². The summed E-state index contributed by atoms with van der Waals surface area (Å²) in [6, 6.07) is 7.81. The lowest BCUT2D eigenvalue weighted by molar-refractivity contribution is -0.124. The van der Waals surface area contributed by atoms with E-state index in [2.05, 4.69) is 49.6 Å². The highest BCUT2D eigenvalue weighted by Crippen LogP contribution is 2.32. The number of carbonyl (C=O) groups excluding carboxylic acids is 2. The lowest BCUT2D eigenvalue weighted by Gasteiger charge is -2.24. The Morgan fingerprint density at radius 3 is 2.60 bits per heavy atom. The van der Waals surface area contributed by atoms with E-state index in [1.54, 1.807) is 25.3 Å². The van der Waals surface area contributed by atoms with Crippen LogP contribution >= 0.6 is 0 Å². The lowest BCUT2D eigenvalue weighted by atomic mass is 9.89. The smallest absolute Gasteiger partial charge is 0.163 e. The number of nitrogens with one attached hydrogen (secondary N) is 2. The van der Waals surface area contributed by atoms with Crippen molar-refractivity contribution in [2.24, 2.45) is 11.7 Å². The summed E-state index contributed by atoms with van der Waals surface area (Å²) in [5, 5.41) is 17.1. The first-order valence-electron chi connectivity index (χ1n) is 16.8. The molecule has 256 valence electrons. The molecule has 3 rings (SSSR count). The third kappa shape index (κ3) is 12.1. The largest absolute Gasteiger partial charge is 0.504 e. The van der Waals surface area contributed by atoms with Crippen molar-refractivity contribution in [1.82, 2.24) is 10.6 Å². The molecule has 0 spiro atoms. The van der Waals surface area contributed by atoms with Crippen LogP contribution in [0.2, 0.25) is 0 Å². The molecule has 0 aromatic heterocycles. The van der Waals surface area contributed by atoms with E-state index >= 15 is 0 Å². The topological polar surface area (TPSA) is 123 Å². The van der Waals surface area contributed by atoms with Crippen molar-refractivity contribution in [1.29, 1.82) is 0 Å². The molecule has 1 aliphatic rings. The Bertz CT molecular complexity index is 1460. The van der Waals surface area contributed by atoms with Gasteiger partial charge in [0.25, 0.3) is 0 Å². The molecule has 0 saturated heterocycles. The van der Waals surface area contributed by atoms with Gasteiger partial charge < -0.3 is 30.9 Å². The zero-order chi connectivity index (χ0) is 34.3. The molecule has 0 fully saturated rings. The fourth-order valence-corrected chi connectivity index (χ4v) is 6.25. The molecule has 2 unspecified atom stereocenters. The van der Waals surface area contributed by atoms with Crippen LogP contribution in [0.25, 0.3) is 6.08 Å². The SMILES string of the molecule is CNCC(C)CCCCCC(=O)CC(=O)C=Cc1cc(OC)c(O)cc1CC1=CNC(N)C(Cc2cc(C)cc(C)c2CCOC)=C1. The van der Waals surface area contributed by atoms with Gasteiger partial charge in [-0.3, -0.25) is 9.59 Å². The quantitative estimate of drug-likeness (QED) is 0.0782. The molecule has 0 saturated carbocycles. The Hall–Kier alpha value is -3.72. The van der Waals surface area contributed by atoms with Crippen LogP contribution < -0.4 is 21.1 Å². The standard InChI is InChI=1S/C39H55N3O5/c1-26(24-41-4)10-8-7-9-11-34(43)23-35(44)13-12-30-22-38(47-6)37(45)21-31(30)18-29-19-33(39(40)42-25-29)20-32-17-27(2)16-28(3)36(32)14-15-46-5/h12-13,16-17,19,21-22,25-26,39,41-42,45H,7-11,14-15,18,20,23-24,40H2,1-6H3. The number of dihydropyridines is 1. The summed E-state index contributed by atoms with van der Waals surface area (Å²) >= 11 is 0. The zero-order valence-electron chi connectivity index (χ0n) is 29.2. The number of nitrogens with two attached hydrogens (primary N) is 1. The zero-order valence-corrected chi connectivity index (χ0v) is 29.2. The van der Waals surface area contributed by atoms with Gasteiger partial charge in [0.2, 0.25) is 0 Å². The molecule has 0 aliphatic carbocycles. The number of phenols is 1. The van der Waals surface area contributed by atoms with E-state index in [9.17, 15) is 14.7 Å². The van der Waals surface area contributed by atoms with E-state index in [0.29, 0.717) is 37.5 Å². The minimum atomic E-state index is -0.324. The van der Waals surface area contributed by atoms with Crippen LogP contribution in [-0.4, -0.2) is 57.3 Å². The fraction of sp³-hybridized carbons (Fsp3) is 0.487. The van der Waals surface area contributed by atoms with Crippen molar-refractivity contribution in [2.45, 2.75) is 84.7 Å². The van der Waals surface area contributed by atoms with Gasteiger partial charge in [-0.15, -0.1) is 0 Å². The molecule has 47 heavy (non-hydrogen) atoms. The first kappa shape index (κ1) is 37.7. The van der Waals surface area contributed by atoms with Crippen molar-refractivity contribution in [3.63, 3.8) is 0 Å². The molecular weight excluding hydrogens is 590 g/mol. The summed E-state index contributed by atoms with van der Waals surface area (Å²) in [5.41, 5.74) is 15.1. The number of ketones is 2. The summed E-state index contributed by atoms with van der Waals surface area (Å²) in [5.74, 6) is 0.681. The highest BCUT2D eigenvalue weighted by molar-refractivity contribution is 6.06. The van der Waals surface area contributed by atoms with E-state index in [4.69, 9.17) is 15.2 Å². The first-order chi connectivity index (χ1) is 22.5. The number of phenolic OH excluding ortho intramolecular Hbond substituents is 1. The van der Waals surface area contributed by atoms with Gasteiger partial charge >= 0.3 is 0 Å². The van der Waals surface area contributed by atoms with Gasteiger partial charge in [0, 0.05) is 19.7 Å². The minimum absolute atomic E-state index is 0.0183. The van der Waals surface area contributed by atoms with Gasteiger partial charge in [0.1, 0.15) is 5.78 Å². The van der Waals surface area contributed by atoms with E-state index in [1.165, 1.54) is 35.4 Å². The number of benzene rings is 2. The van der Waals surface area contributed by atoms with Gasteiger partial charge in [-0.1, -0.05) is 49.6 Å². The number of unbranched alkanes of at least 4 members (excludes halogenated alkanes) is 2. The number of Topliss-reactive ketones (excluding diaryl/α,β-unsaturated/α-hetero) is 1. The van der Waals surface area contributed by atoms with Gasteiger partial charge in [0.15, 0.2) is 17.3 Å². The lowest BCUT2D eigenvalue weighted by Crippen LogP contribution is -2.38. The molecule has 2 aromatic carbocycles. The second-order valence-corrected chi connectivity index (χ2v) is 12.9. The van der Waals surface area contributed by atoms with E-state index in [-0.39, 0.29) is 29.9 Å². The average Bonchev–Trinajstić information content (AvgIpc) is 3.01. The highest BCUT2D eigenvalue weighted by Gasteiger charge is 2.19. The van der Waals surface area contributed by atoms with Crippen molar-refractivity contribution < 1.29 is 24.2 Å². The molecule has 1 heterocycles. The number of aromatic hydroxyl groups is 1. The van der Waals surface area contributed by atoms with Crippen LogP contribution in [0.4, 0.5) is 0 Å². The van der Waals surface area contributed by atoms with E-state index in [0.717, 1.165) is 60.9 Å². The van der Waals surface area contributed by atoms with Crippen LogP contribution in [0, 0.1) is 19.8 Å². The van der Waals surface area contributed by atoms with Crippen molar-refractivity contribution >= 4 is 17.6 Å². The Morgan fingerprint density at radius 1 is 1.09 bits per heavy atom. The third-order valence-corrected chi connectivity index (χ3v) is 8.74.